The molecular formula is C15H17ClN4O3. The first-order chi connectivity index (χ1) is 11.0. The van der Waals surface area contributed by atoms with Gasteiger partial charge in [-0.1, -0.05) is 16.8 Å². The molecule has 0 aliphatic carbocycles. The Balaban J connectivity index is 1.71. The van der Waals surface area contributed by atoms with Crippen LogP contribution < -0.4 is 4.74 Å². The van der Waals surface area contributed by atoms with Gasteiger partial charge in [0.2, 0.25) is 5.91 Å². The molecule has 2 aromatic rings. The third kappa shape index (κ3) is 3.44. The van der Waals surface area contributed by atoms with Crippen LogP contribution in [0.4, 0.5) is 0 Å². The average Bonchev–Trinajstić information content (AvgIpc) is 3.17. The van der Waals surface area contributed by atoms with E-state index in [4.69, 9.17) is 20.9 Å². The number of halogens is 1. The topological polar surface area (TPSA) is 81.4 Å². The predicted molar refractivity (Wildman–Crippen MR) is 82.0 cm³/mol. The minimum atomic E-state index is -0.425. The van der Waals surface area contributed by atoms with Crippen molar-refractivity contribution in [3.63, 3.8) is 0 Å². The van der Waals surface area contributed by atoms with E-state index in [9.17, 15) is 4.79 Å². The molecule has 1 aliphatic heterocycles. The van der Waals surface area contributed by atoms with Crippen LogP contribution in [-0.2, 0) is 4.79 Å². The van der Waals surface area contributed by atoms with E-state index in [1.54, 1.807) is 24.0 Å². The monoisotopic (exact) mass is 336 g/mol. The highest BCUT2D eigenvalue weighted by molar-refractivity contribution is 6.29. The maximum atomic E-state index is 11.6. The smallest absolute Gasteiger partial charge is 0.267 e. The fourth-order valence-electron chi connectivity index (χ4n) is 2.65. The van der Waals surface area contributed by atoms with Gasteiger partial charge in [-0.3, -0.25) is 4.79 Å². The van der Waals surface area contributed by atoms with Gasteiger partial charge in [0.15, 0.2) is 11.9 Å². The van der Waals surface area contributed by atoms with Gasteiger partial charge >= 0.3 is 0 Å². The molecule has 1 saturated heterocycles. The van der Waals surface area contributed by atoms with Crippen molar-refractivity contribution < 1.29 is 14.1 Å². The minimum Gasteiger partial charge on any atom is -0.479 e. The molecule has 0 N–H and O–H groups in total. The van der Waals surface area contributed by atoms with E-state index in [1.165, 1.54) is 6.20 Å². The molecule has 122 valence electrons. The summed E-state index contributed by atoms with van der Waals surface area (Å²) in [4.78, 5) is 21.8. The summed E-state index contributed by atoms with van der Waals surface area (Å²) in [7, 11) is 0. The Hall–Kier alpha value is -2.15. The molecule has 0 radical (unpaired) electrons. The number of ether oxygens (including phenoxy) is 1. The SMILES string of the molecule is CC(=O)N1CCCC1c1noc([C@H](C)Oc2ccc(Cl)nc2)n1. The standard InChI is InChI=1S/C15H17ClN4O3/c1-9(22-11-5-6-13(16)17-8-11)15-18-14(19-23-15)12-4-3-7-20(12)10(2)21/h5-6,8-9,12H,3-4,7H2,1-2H3/t9-,12?/m0/s1. The van der Waals surface area contributed by atoms with Crippen molar-refractivity contribution in [2.75, 3.05) is 6.54 Å². The van der Waals surface area contributed by atoms with Gasteiger partial charge < -0.3 is 14.2 Å². The van der Waals surface area contributed by atoms with Gasteiger partial charge in [-0.2, -0.15) is 4.98 Å². The summed E-state index contributed by atoms with van der Waals surface area (Å²) in [6.45, 7) is 4.09. The van der Waals surface area contributed by atoms with Gasteiger partial charge in [-0.25, -0.2) is 4.98 Å². The number of carbonyl (C=O) groups is 1. The molecule has 1 fully saturated rings. The molecule has 2 aromatic heterocycles. The zero-order chi connectivity index (χ0) is 16.4. The van der Waals surface area contributed by atoms with Crippen molar-refractivity contribution in [1.29, 1.82) is 0 Å². The molecule has 1 unspecified atom stereocenters. The Labute approximate surface area is 138 Å². The number of pyridine rings is 1. The van der Waals surface area contributed by atoms with Crippen molar-refractivity contribution in [3.05, 3.63) is 35.2 Å². The van der Waals surface area contributed by atoms with E-state index < -0.39 is 6.10 Å². The summed E-state index contributed by atoms with van der Waals surface area (Å²) in [6.07, 6.45) is 2.89. The fraction of sp³-hybridized carbons (Fsp3) is 0.467. The molecule has 3 heterocycles. The summed E-state index contributed by atoms with van der Waals surface area (Å²) in [5, 5.41) is 4.41. The molecule has 7 nitrogen and oxygen atoms in total. The molecule has 1 aliphatic rings. The number of rotatable bonds is 4. The maximum Gasteiger partial charge on any atom is 0.267 e. The summed E-state index contributed by atoms with van der Waals surface area (Å²) >= 11 is 5.74. The molecular weight excluding hydrogens is 320 g/mol. The minimum absolute atomic E-state index is 0.0235. The second kappa shape index (κ2) is 6.54. The average molecular weight is 337 g/mol. The van der Waals surface area contributed by atoms with Crippen LogP contribution >= 0.6 is 11.6 Å². The number of hydrogen-bond donors (Lipinski definition) is 0. The van der Waals surface area contributed by atoms with Gasteiger partial charge in [0, 0.05) is 13.5 Å². The maximum absolute atomic E-state index is 11.6. The van der Waals surface area contributed by atoms with Gasteiger partial charge in [0.05, 0.1) is 12.2 Å². The first-order valence-electron chi connectivity index (χ1n) is 7.43. The number of hydrogen-bond acceptors (Lipinski definition) is 6. The van der Waals surface area contributed by atoms with Gasteiger partial charge in [0.25, 0.3) is 5.89 Å². The summed E-state index contributed by atoms with van der Waals surface area (Å²) in [5.41, 5.74) is 0. The number of aromatic nitrogens is 3. The Bertz CT molecular complexity index is 688. The Morgan fingerprint density at radius 1 is 1.52 bits per heavy atom. The molecule has 1 amide bonds. The van der Waals surface area contributed by atoms with Crippen LogP contribution in [0.5, 0.6) is 5.75 Å². The van der Waals surface area contributed by atoms with Crippen LogP contribution in [-0.4, -0.2) is 32.5 Å². The van der Waals surface area contributed by atoms with E-state index in [2.05, 4.69) is 15.1 Å². The highest BCUT2D eigenvalue weighted by Crippen LogP contribution is 2.31. The first-order valence-corrected chi connectivity index (χ1v) is 7.81. The second-order valence-electron chi connectivity index (χ2n) is 5.44. The quantitative estimate of drug-likeness (QED) is 0.798. The van der Waals surface area contributed by atoms with Gasteiger partial charge in [-0.15, -0.1) is 0 Å². The molecule has 0 aromatic carbocycles. The van der Waals surface area contributed by atoms with E-state index in [1.807, 2.05) is 6.92 Å². The molecule has 8 heteroatoms. The highest BCUT2D eigenvalue weighted by atomic mass is 35.5. The first kappa shape index (κ1) is 15.7. The molecule has 23 heavy (non-hydrogen) atoms. The molecule has 3 rings (SSSR count). The molecule has 0 bridgehead atoms. The fourth-order valence-corrected chi connectivity index (χ4v) is 2.76. The number of likely N-dealkylation sites (tertiary alicyclic amines) is 1. The zero-order valence-corrected chi connectivity index (χ0v) is 13.7. The van der Waals surface area contributed by atoms with E-state index in [0.29, 0.717) is 22.6 Å². The Morgan fingerprint density at radius 3 is 3.04 bits per heavy atom. The highest BCUT2D eigenvalue weighted by Gasteiger charge is 2.32. The molecule has 0 spiro atoms. The van der Waals surface area contributed by atoms with Crippen LogP contribution in [0.1, 0.15) is 50.6 Å². The van der Waals surface area contributed by atoms with Crippen LogP contribution in [0.2, 0.25) is 5.15 Å². The van der Waals surface area contributed by atoms with Crippen molar-refractivity contribution >= 4 is 17.5 Å². The van der Waals surface area contributed by atoms with Gasteiger partial charge in [-0.05, 0) is 31.9 Å². The number of amides is 1. The van der Waals surface area contributed by atoms with E-state index >= 15 is 0 Å². The van der Waals surface area contributed by atoms with Crippen molar-refractivity contribution in [2.45, 2.75) is 38.8 Å². The predicted octanol–water partition coefficient (Wildman–Crippen LogP) is 2.94. The second-order valence-corrected chi connectivity index (χ2v) is 5.83. The summed E-state index contributed by atoms with van der Waals surface area (Å²) in [6, 6.07) is 3.25. The molecule has 0 saturated carbocycles. The summed E-state index contributed by atoms with van der Waals surface area (Å²) < 4.78 is 11.0. The van der Waals surface area contributed by atoms with Crippen molar-refractivity contribution in [3.8, 4) is 5.75 Å². The van der Waals surface area contributed by atoms with Crippen LogP contribution in [0.25, 0.3) is 0 Å². The van der Waals surface area contributed by atoms with Crippen molar-refractivity contribution in [1.82, 2.24) is 20.0 Å². The Kier molecular flexibility index (Phi) is 4.47. The lowest BCUT2D eigenvalue weighted by atomic mass is 10.2. The third-order valence-electron chi connectivity index (χ3n) is 3.77. The largest absolute Gasteiger partial charge is 0.479 e. The van der Waals surface area contributed by atoms with E-state index in [0.717, 1.165) is 19.4 Å². The lowest BCUT2D eigenvalue weighted by molar-refractivity contribution is -0.129. The number of nitrogens with zero attached hydrogens (tertiary/aromatic N) is 4. The zero-order valence-electron chi connectivity index (χ0n) is 12.9. The Morgan fingerprint density at radius 2 is 2.35 bits per heavy atom. The van der Waals surface area contributed by atoms with Crippen LogP contribution in [0, 0.1) is 0 Å². The lowest BCUT2D eigenvalue weighted by Gasteiger charge is -2.19. The van der Waals surface area contributed by atoms with Crippen LogP contribution in [0.15, 0.2) is 22.9 Å². The third-order valence-corrected chi connectivity index (χ3v) is 4.00. The van der Waals surface area contributed by atoms with Crippen molar-refractivity contribution in [2.24, 2.45) is 0 Å². The van der Waals surface area contributed by atoms with E-state index in [-0.39, 0.29) is 11.9 Å². The number of carbonyl (C=O) groups excluding carboxylic acids is 1. The normalized spacial score (nSPS) is 18.9. The molecule has 2 atom stereocenters. The van der Waals surface area contributed by atoms with Crippen LogP contribution in [0.3, 0.4) is 0 Å². The summed E-state index contributed by atoms with van der Waals surface area (Å²) in [5.74, 6) is 1.48. The lowest BCUT2D eigenvalue weighted by Crippen LogP contribution is -2.28. The van der Waals surface area contributed by atoms with Gasteiger partial charge in [0.1, 0.15) is 10.9 Å².